The molecule has 2 fully saturated rings. The summed E-state index contributed by atoms with van der Waals surface area (Å²) >= 11 is 0. The van der Waals surface area contributed by atoms with Crippen LogP contribution in [0.3, 0.4) is 0 Å². The van der Waals surface area contributed by atoms with Crippen LogP contribution in [0.2, 0.25) is 0 Å². The molecule has 1 heterocycles. The van der Waals surface area contributed by atoms with Crippen LogP contribution in [0.15, 0.2) is 35.1 Å². The van der Waals surface area contributed by atoms with Gasteiger partial charge < -0.3 is 30.8 Å². The summed E-state index contributed by atoms with van der Waals surface area (Å²) in [4.78, 5) is 41.4. The molecule has 4 aliphatic rings. The Labute approximate surface area is 201 Å². The van der Waals surface area contributed by atoms with E-state index in [1.54, 1.807) is 0 Å². The highest BCUT2D eigenvalue weighted by Crippen LogP contribution is 2.56. The lowest BCUT2D eigenvalue weighted by molar-refractivity contribution is -0.152. The first-order valence-electron chi connectivity index (χ1n) is 11.7. The Morgan fingerprint density at radius 3 is 2.51 bits per heavy atom. The first-order valence-corrected chi connectivity index (χ1v) is 11.7. The van der Waals surface area contributed by atoms with Gasteiger partial charge >= 0.3 is 0 Å². The summed E-state index contributed by atoms with van der Waals surface area (Å²) in [5.74, 6) is -6.88. The Morgan fingerprint density at radius 1 is 1.14 bits per heavy atom. The van der Waals surface area contributed by atoms with Crippen LogP contribution in [-0.4, -0.2) is 73.3 Å². The molecule has 1 aromatic rings. The fourth-order valence-corrected chi connectivity index (χ4v) is 6.07. The van der Waals surface area contributed by atoms with Crippen LogP contribution in [0.5, 0.6) is 5.75 Å². The molecule has 10 heteroatoms. The minimum absolute atomic E-state index is 0.123. The second kappa shape index (κ2) is 7.91. The maximum Gasteiger partial charge on any atom is 0.259 e. The van der Waals surface area contributed by atoms with Gasteiger partial charge in [-0.2, -0.15) is 0 Å². The van der Waals surface area contributed by atoms with Crippen LogP contribution >= 0.6 is 0 Å². The molecule has 0 bridgehead atoms. The molecule has 4 atom stereocenters. The Morgan fingerprint density at radius 2 is 1.83 bits per heavy atom. The van der Waals surface area contributed by atoms with Gasteiger partial charge in [0.25, 0.3) is 5.91 Å². The van der Waals surface area contributed by atoms with E-state index in [0.717, 1.165) is 25.9 Å². The van der Waals surface area contributed by atoms with Gasteiger partial charge in [-0.1, -0.05) is 12.1 Å². The van der Waals surface area contributed by atoms with Gasteiger partial charge in [-0.15, -0.1) is 0 Å². The molecule has 5 rings (SSSR count). The normalized spacial score (nSPS) is 32.9. The molecule has 0 unspecified atom stereocenters. The predicted octanol–water partition coefficient (Wildman–Crippen LogP) is 0.773. The van der Waals surface area contributed by atoms with Gasteiger partial charge in [0.2, 0.25) is 5.78 Å². The van der Waals surface area contributed by atoms with Gasteiger partial charge in [0.15, 0.2) is 11.4 Å². The summed E-state index contributed by atoms with van der Waals surface area (Å²) in [6.45, 7) is 3.16. The highest BCUT2D eigenvalue weighted by atomic mass is 16.3. The minimum Gasteiger partial charge on any atom is -0.508 e. The third kappa shape index (κ3) is 3.24. The predicted molar refractivity (Wildman–Crippen MR) is 122 cm³/mol. The van der Waals surface area contributed by atoms with Crippen molar-refractivity contribution in [1.82, 2.24) is 10.2 Å². The molecule has 1 saturated carbocycles. The number of phenols is 1. The first kappa shape index (κ1) is 23.5. The smallest absolute Gasteiger partial charge is 0.259 e. The van der Waals surface area contributed by atoms with Crippen molar-refractivity contribution in [2.75, 3.05) is 19.8 Å². The lowest BCUT2D eigenvalue weighted by Crippen LogP contribution is -2.60. The lowest BCUT2D eigenvalue weighted by atomic mass is 9.56. The number of carbonyl (C=O) groups is 3. The highest BCUT2D eigenvalue weighted by molar-refractivity contribution is 6.23. The van der Waals surface area contributed by atoms with E-state index in [0.29, 0.717) is 0 Å². The number of aromatic hydroxyl groups is 1. The maximum atomic E-state index is 13.7. The van der Waals surface area contributed by atoms with Crippen molar-refractivity contribution >= 4 is 23.2 Å². The molecule has 0 radical (unpaired) electrons. The fraction of sp³-hybridized carbons (Fsp3) is 0.480. The molecular formula is C25H28N2O8. The average molecular weight is 485 g/mol. The monoisotopic (exact) mass is 484 g/mol. The minimum atomic E-state index is -2.63. The quantitative estimate of drug-likeness (QED) is 0.340. The number of phenolic OH excluding ortho intramolecular Hbond substituents is 1. The van der Waals surface area contributed by atoms with E-state index in [1.807, 2.05) is 4.90 Å². The number of aliphatic hydroxyl groups excluding tert-OH is 2. The zero-order chi connectivity index (χ0) is 25.3. The number of Topliss-reactive ketones (excluding diaryl/α,β-unsaturated/α-hetero) is 2. The number of fused-ring (bicyclic) bond motifs is 3. The Bertz CT molecular complexity index is 1210. The van der Waals surface area contributed by atoms with E-state index in [-0.39, 0.29) is 35.5 Å². The number of likely N-dealkylation sites (tertiary alicyclic amines) is 1. The van der Waals surface area contributed by atoms with Crippen molar-refractivity contribution in [1.29, 1.82) is 0 Å². The topological polar surface area (TPSA) is 168 Å². The molecule has 0 spiro atoms. The summed E-state index contributed by atoms with van der Waals surface area (Å²) in [7, 11) is 0. The van der Waals surface area contributed by atoms with Crippen molar-refractivity contribution in [3.8, 4) is 5.75 Å². The van der Waals surface area contributed by atoms with Gasteiger partial charge in [-0.05, 0) is 50.9 Å². The van der Waals surface area contributed by atoms with E-state index in [1.165, 1.54) is 25.1 Å². The van der Waals surface area contributed by atoms with E-state index >= 15 is 0 Å². The number of ketones is 2. The maximum absolute atomic E-state index is 13.7. The number of benzene rings is 1. The van der Waals surface area contributed by atoms with E-state index < -0.39 is 64.0 Å². The van der Waals surface area contributed by atoms with Gasteiger partial charge in [0.05, 0.1) is 17.8 Å². The van der Waals surface area contributed by atoms with Crippen molar-refractivity contribution < 1.29 is 39.9 Å². The van der Waals surface area contributed by atoms with Crippen LogP contribution in [0.25, 0.3) is 5.76 Å². The molecule has 186 valence electrons. The summed E-state index contributed by atoms with van der Waals surface area (Å²) in [6.07, 6.45) is 1.45. The second-order valence-corrected chi connectivity index (χ2v) is 10.0. The number of hydrogen-bond acceptors (Lipinski definition) is 9. The lowest BCUT2D eigenvalue weighted by Gasteiger charge is -2.50. The SMILES string of the molecule is C[C@@]1(O)c2cccc(O)c2C(O)=C2C(=O)[C@]3(O)C(O)=C(C(=O)NCN4CCCC4)C(=O)C[C@@H]3C[C@@H]21. The molecular weight excluding hydrogens is 456 g/mol. The molecule has 10 nitrogen and oxygen atoms in total. The fourth-order valence-electron chi connectivity index (χ4n) is 6.07. The third-order valence-electron chi connectivity index (χ3n) is 8.01. The molecule has 1 aliphatic heterocycles. The zero-order valence-electron chi connectivity index (χ0n) is 19.2. The van der Waals surface area contributed by atoms with Crippen LogP contribution in [0.4, 0.5) is 0 Å². The number of carbonyl (C=O) groups excluding carboxylic acids is 3. The second-order valence-electron chi connectivity index (χ2n) is 10.0. The molecule has 1 amide bonds. The number of rotatable bonds is 3. The standard InChI is InChI=1S/C25H28N2O8/c1-24(34)13-5-4-6-15(28)17(13)20(30)18-14(24)9-12-10-16(29)19(22(32)25(12,35)21(18)31)23(33)26-11-27-7-2-3-8-27/h4-6,12,14,28,30,32,34-35H,2-3,7-11H2,1H3,(H,26,33)/t12-,14-,24+,25-/m0/s1. The van der Waals surface area contributed by atoms with Crippen LogP contribution < -0.4 is 5.32 Å². The van der Waals surface area contributed by atoms with Gasteiger partial charge in [0, 0.05) is 23.8 Å². The molecule has 3 aliphatic carbocycles. The van der Waals surface area contributed by atoms with Gasteiger partial charge in [-0.3, -0.25) is 19.3 Å². The first-order chi connectivity index (χ1) is 16.5. The molecule has 6 N–H and O–H groups in total. The number of nitrogens with one attached hydrogen (secondary N) is 1. The zero-order valence-corrected chi connectivity index (χ0v) is 19.2. The van der Waals surface area contributed by atoms with Crippen molar-refractivity contribution in [2.24, 2.45) is 11.8 Å². The van der Waals surface area contributed by atoms with E-state index in [4.69, 9.17) is 0 Å². The third-order valence-corrected chi connectivity index (χ3v) is 8.01. The van der Waals surface area contributed by atoms with Gasteiger partial charge in [-0.25, -0.2) is 0 Å². The van der Waals surface area contributed by atoms with Crippen LogP contribution in [0.1, 0.15) is 43.7 Å². The highest BCUT2D eigenvalue weighted by Gasteiger charge is 2.63. The average Bonchev–Trinajstić information content (AvgIpc) is 3.32. The molecule has 35 heavy (non-hydrogen) atoms. The Balaban J connectivity index is 1.58. The Kier molecular flexibility index (Phi) is 5.31. The molecule has 1 aromatic carbocycles. The van der Waals surface area contributed by atoms with E-state index in [2.05, 4.69) is 5.32 Å². The molecule has 0 aromatic heterocycles. The van der Waals surface area contributed by atoms with Crippen molar-refractivity contribution in [3.63, 3.8) is 0 Å². The number of nitrogens with zero attached hydrogens (tertiary/aromatic N) is 1. The summed E-state index contributed by atoms with van der Waals surface area (Å²) in [6, 6.07) is 4.30. The van der Waals surface area contributed by atoms with Gasteiger partial charge in [0.1, 0.15) is 22.8 Å². The van der Waals surface area contributed by atoms with Crippen LogP contribution in [-0.2, 0) is 20.0 Å². The number of hydrogen-bond donors (Lipinski definition) is 6. The summed E-state index contributed by atoms with van der Waals surface area (Å²) < 4.78 is 0. The summed E-state index contributed by atoms with van der Waals surface area (Å²) in [5.41, 5.74) is -5.33. The largest absolute Gasteiger partial charge is 0.508 e. The van der Waals surface area contributed by atoms with Crippen molar-refractivity contribution in [3.05, 3.63) is 46.2 Å². The Hall–Kier alpha value is -3.21. The van der Waals surface area contributed by atoms with E-state index in [9.17, 15) is 39.9 Å². The number of aliphatic hydroxyl groups is 4. The summed E-state index contributed by atoms with van der Waals surface area (Å²) in [5, 5.41) is 57.8. The van der Waals surface area contributed by atoms with Crippen LogP contribution in [0, 0.1) is 11.8 Å². The number of amides is 1. The van der Waals surface area contributed by atoms with Crippen molar-refractivity contribution in [2.45, 2.75) is 43.8 Å². The molecule has 1 saturated heterocycles.